The SMILES string of the molecule is N#Cc1ccccc1CCOc1cc(Cl)ccc1CCS(=O)Nc1ccccc1S(N)(=O)=O. The number of hydrogen-bond acceptors (Lipinski definition) is 5. The van der Waals surface area contributed by atoms with Gasteiger partial charge in [-0.1, -0.05) is 48.0 Å². The molecule has 0 spiro atoms. The molecule has 0 saturated carbocycles. The number of para-hydroxylation sites is 1. The highest BCUT2D eigenvalue weighted by Gasteiger charge is 2.15. The summed E-state index contributed by atoms with van der Waals surface area (Å²) in [5.41, 5.74) is 2.49. The first-order valence-electron chi connectivity index (χ1n) is 9.94. The van der Waals surface area contributed by atoms with E-state index in [1.165, 1.54) is 12.1 Å². The topological polar surface area (TPSA) is 122 Å². The molecule has 33 heavy (non-hydrogen) atoms. The average Bonchev–Trinajstić information content (AvgIpc) is 2.78. The average molecular weight is 504 g/mol. The highest BCUT2D eigenvalue weighted by molar-refractivity contribution is 7.89. The summed E-state index contributed by atoms with van der Waals surface area (Å²) in [5, 5.41) is 15.0. The van der Waals surface area contributed by atoms with Gasteiger partial charge in [0, 0.05) is 17.2 Å². The minimum atomic E-state index is -3.95. The maximum atomic E-state index is 12.6. The van der Waals surface area contributed by atoms with Gasteiger partial charge in [0.25, 0.3) is 0 Å². The maximum Gasteiger partial charge on any atom is 0.240 e. The molecule has 3 aromatic carbocycles. The van der Waals surface area contributed by atoms with Crippen LogP contribution in [-0.4, -0.2) is 25.0 Å². The molecule has 0 amide bonds. The summed E-state index contributed by atoms with van der Waals surface area (Å²) in [6.45, 7) is 0.342. The lowest BCUT2D eigenvalue weighted by atomic mass is 10.1. The standard InChI is InChI=1S/C23H22ClN3O4S2/c24-20-10-9-18(22(15-20)31-13-11-17-5-1-2-6-19(17)16-25)12-14-32(28)27-21-7-3-4-8-23(21)33(26,29)30/h1-10,15,27H,11-14H2,(H2,26,29,30). The van der Waals surface area contributed by atoms with Gasteiger partial charge in [-0.3, -0.25) is 0 Å². The van der Waals surface area contributed by atoms with E-state index >= 15 is 0 Å². The Hall–Kier alpha value is -2.90. The van der Waals surface area contributed by atoms with Crippen LogP contribution in [0.5, 0.6) is 5.75 Å². The third kappa shape index (κ3) is 7.04. The minimum absolute atomic E-state index is 0.119. The van der Waals surface area contributed by atoms with E-state index in [2.05, 4.69) is 10.8 Å². The molecule has 0 aliphatic rings. The fourth-order valence-electron chi connectivity index (χ4n) is 3.16. The number of nitrogens with one attached hydrogen (secondary N) is 1. The molecule has 0 aliphatic heterocycles. The summed E-state index contributed by atoms with van der Waals surface area (Å²) in [7, 11) is -5.51. The second-order valence-electron chi connectivity index (χ2n) is 7.06. The second-order valence-corrected chi connectivity index (χ2v) is 10.3. The third-order valence-corrected chi connectivity index (χ3v) is 7.00. The van der Waals surface area contributed by atoms with Gasteiger partial charge in [-0.05, 0) is 47.9 Å². The molecule has 3 rings (SSSR count). The first-order chi connectivity index (χ1) is 15.8. The molecule has 7 nitrogen and oxygen atoms in total. The van der Waals surface area contributed by atoms with E-state index in [9.17, 15) is 17.9 Å². The molecule has 3 N–H and O–H groups in total. The van der Waals surface area contributed by atoms with Gasteiger partial charge in [0.1, 0.15) is 21.6 Å². The number of halogens is 1. The number of anilines is 1. The summed E-state index contributed by atoms with van der Waals surface area (Å²) in [6.07, 6.45) is 0.950. The number of benzene rings is 3. The Morgan fingerprint density at radius 2 is 1.76 bits per heavy atom. The number of rotatable bonds is 10. The number of nitriles is 1. The van der Waals surface area contributed by atoms with Crippen LogP contribution >= 0.6 is 11.6 Å². The van der Waals surface area contributed by atoms with E-state index in [0.717, 1.165) is 11.1 Å². The van der Waals surface area contributed by atoms with Crippen LogP contribution in [0.1, 0.15) is 16.7 Å². The third-order valence-electron chi connectivity index (χ3n) is 4.77. The lowest BCUT2D eigenvalue weighted by Crippen LogP contribution is -2.17. The zero-order chi connectivity index (χ0) is 23.8. The smallest absolute Gasteiger partial charge is 0.240 e. The summed E-state index contributed by atoms with van der Waals surface area (Å²) < 4.78 is 44.7. The van der Waals surface area contributed by atoms with Crippen molar-refractivity contribution in [3.8, 4) is 11.8 Å². The Balaban J connectivity index is 1.64. The van der Waals surface area contributed by atoms with E-state index in [1.807, 2.05) is 18.2 Å². The number of nitrogens with two attached hydrogens (primary N) is 1. The fourth-order valence-corrected chi connectivity index (χ4v) is 5.01. The highest BCUT2D eigenvalue weighted by Crippen LogP contribution is 2.25. The molecule has 1 atom stereocenters. The van der Waals surface area contributed by atoms with Crippen LogP contribution in [-0.2, 0) is 33.9 Å². The Labute approximate surface area is 200 Å². The molecule has 172 valence electrons. The van der Waals surface area contributed by atoms with E-state index in [4.69, 9.17) is 21.5 Å². The van der Waals surface area contributed by atoms with Crippen molar-refractivity contribution in [1.29, 1.82) is 5.26 Å². The van der Waals surface area contributed by atoms with Crippen LogP contribution in [0.2, 0.25) is 5.02 Å². The molecule has 3 aromatic rings. The molecule has 0 aliphatic carbocycles. The lowest BCUT2D eigenvalue weighted by Gasteiger charge is -2.13. The Bertz CT molecular complexity index is 1310. The van der Waals surface area contributed by atoms with Crippen molar-refractivity contribution in [3.05, 3.63) is 88.4 Å². The highest BCUT2D eigenvalue weighted by atomic mass is 35.5. The molecule has 0 saturated heterocycles. The van der Waals surface area contributed by atoms with Crippen molar-refractivity contribution in [1.82, 2.24) is 0 Å². The maximum absolute atomic E-state index is 12.6. The molecule has 0 bridgehead atoms. The van der Waals surface area contributed by atoms with Crippen LogP contribution < -0.4 is 14.6 Å². The monoisotopic (exact) mass is 503 g/mol. The number of ether oxygens (including phenoxy) is 1. The van der Waals surface area contributed by atoms with Gasteiger partial charge in [0.15, 0.2) is 0 Å². The van der Waals surface area contributed by atoms with Crippen LogP contribution in [0.25, 0.3) is 0 Å². The Morgan fingerprint density at radius 1 is 1.03 bits per heavy atom. The molecule has 0 radical (unpaired) electrons. The van der Waals surface area contributed by atoms with Crippen LogP contribution in [0, 0.1) is 11.3 Å². The fraction of sp³-hybridized carbons (Fsp3) is 0.174. The number of hydrogen-bond donors (Lipinski definition) is 2. The van der Waals surface area contributed by atoms with Crippen molar-refractivity contribution in [3.63, 3.8) is 0 Å². The normalized spacial score (nSPS) is 12.0. The molecular weight excluding hydrogens is 482 g/mol. The van der Waals surface area contributed by atoms with Crippen molar-refractivity contribution < 1.29 is 17.4 Å². The van der Waals surface area contributed by atoms with Crippen LogP contribution in [0.15, 0.2) is 71.6 Å². The van der Waals surface area contributed by atoms with E-state index in [1.54, 1.807) is 36.4 Å². The van der Waals surface area contributed by atoms with Gasteiger partial charge in [-0.25, -0.2) is 17.8 Å². The zero-order valence-corrected chi connectivity index (χ0v) is 19.9. The molecule has 1 unspecified atom stereocenters. The second kappa shape index (κ2) is 11.3. The van der Waals surface area contributed by atoms with Gasteiger partial charge >= 0.3 is 0 Å². The van der Waals surface area contributed by atoms with Gasteiger partial charge in [0.05, 0.1) is 23.9 Å². The number of nitrogens with zero attached hydrogens (tertiary/aromatic N) is 1. The van der Waals surface area contributed by atoms with Gasteiger partial charge < -0.3 is 9.46 Å². The van der Waals surface area contributed by atoms with Crippen molar-refractivity contribution in [2.45, 2.75) is 17.7 Å². The van der Waals surface area contributed by atoms with E-state index in [-0.39, 0.29) is 16.3 Å². The number of primary sulfonamides is 1. The predicted octanol–water partition coefficient (Wildman–Crippen LogP) is 3.80. The zero-order valence-electron chi connectivity index (χ0n) is 17.5. The molecule has 10 heteroatoms. The molecule has 0 aromatic heterocycles. The number of sulfonamides is 1. The van der Waals surface area contributed by atoms with Crippen molar-refractivity contribution >= 4 is 38.3 Å². The minimum Gasteiger partial charge on any atom is -0.493 e. The molecule has 0 fully saturated rings. The van der Waals surface area contributed by atoms with Gasteiger partial charge in [-0.2, -0.15) is 5.26 Å². The van der Waals surface area contributed by atoms with Crippen molar-refractivity contribution in [2.75, 3.05) is 17.1 Å². The Morgan fingerprint density at radius 3 is 2.52 bits per heavy atom. The van der Waals surface area contributed by atoms with Crippen LogP contribution in [0.4, 0.5) is 5.69 Å². The number of aryl methyl sites for hydroxylation is 1. The predicted molar refractivity (Wildman–Crippen MR) is 130 cm³/mol. The largest absolute Gasteiger partial charge is 0.493 e. The van der Waals surface area contributed by atoms with Crippen LogP contribution in [0.3, 0.4) is 0 Å². The molecular formula is C23H22ClN3O4S2. The van der Waals surface area contributed by atoms with Crippen molar-refractivity contribution in [2.24, 2.45) is 5.14 Å². The Kier molecular flexibility index (Phi) is 8.47. The summed E-state index contributed by atoms with van der Waals surface area (Å²) >= 11 is 6.13. The summed E-state index contributed by atoms with van der Waals surface area (Å²) in [4.78, 5) is -0.119. The first-order valence-corrected chi connectivity index (χ1v) is 13.2. The first kappa shape index (κ1) is 24.7. The van der Waals surface area contributed by atoms with Gasteiger partial charge in [0.2, 0.25) is 10.0 Å². The van der Waals surface area contributed by atoms with Gasteiger partial charge in [-0.15, -0.1) is 0 Å². The lowest BCUT2D eigenvalue weighted by molar-refractivity contribution is 0.319. The van der Waals surface area contributed by atoms with E-state index < -0.39 is 21.0 Å². The molecule has 0 heterocycles. The summed E-state index contributed by atoms with van der Waals surface area (Å²) in [6, 6.07) is 20.7. The van der Waals surface area contributed by atoms with E-state index in [0.29, 0.717) is 35.8 Å². The quantitative estimate of drug-likeness (QED) is 0.435. The summed E-state index contributed by atoms with van der Waals surface area (Å²) in [5.74, 6) is 0.771.